The maximum absolute atomic E-state index is 12.9. The predicted octanol–water partition coefficient (Wildman–Crippen LogP) is 2.80. The Morgan fingerprint density at radius 3 is 2.96 bits per heavy atom. The molecule has 26 heavy (non-hydrogen) atoms. The first kappa shape index (κ1) is 18.1. The number of rotatable bonds is 4. The molecule has 0 aliphatic carbocycles. The monoisotopic (exact) mass is 369 g/mol. The van der Waals surface area contributed by atoms with Gasteiger partial charge in [-0.05, 0) is 36.2 Å². The highest BCUT2D eigenvalue weighted by atomic mass is 32.1. The molecule has 2 aromatic rings. The second-order valence-electron chi connectivity index (χ2n) is 6.07. The topological polar surface area (TPSA) is 85.9 Å². The van der Waals surface area contributed by atoms with Gasteiger partial charge in [-0.3, -0.25) is 4.79 Å². The lowest BCUT2D eigenvalue weighted by Gasteiger charge is -2.21. The van der Waals surface area contributed by atoms with Crippen LogP contribution in [-0.2, 0) is 4.84 Å². The molecule has 134 valence electrons. The average molecular weight is 369 g/mol. The molecule has 0 unspecified atom stereocenters. The van der Waals surface area contributed by atoms with Crippen molar-refractivity contribution in [3.63, 3.8) is 0 Å². The lowest BCUT2D eigenvalue weighted by Crippen LogP contribution is -2.37. The molecule has 0 saturated carbocycles. The molecule has 1 aromatic heterocycles. The molecule has 0 bridgehead atoms. The van der Waals surface area contributed by atoms with Crippen LogP contribution in [0, 0.1) is 18.3 Å². The number of amides is 1. The SMILES string of the molecule is CO/N=C1\C[C@@H](CO)N(C(=O)c2ccc(-c3cccc(C#N)c3C)s2)C1. The highest BCUT2D eigenvalue weighted by Gasteiger charge is 2.34. The molecule has 1 aliphatic rings. The smallest absolute Gasteiger partial charge is 0.264 e. The predicted molar refractivity (Wildman–Crippen MR) is 100 cm³/mol. The number of nitrogens with zero attached hydrogens (tertiary/aromatic N) is 3. The zero-order chi connectivity index (χ0) is 18.7. The van der Waals surface area contributed by atoms with E-state index in [0.717, 1.165) is 21.7 Å². The summed E-state index contributed by atoms with van der Waals surface area (Å²) in [5.74, 6) is -0.129. The van der Waals surface area contributed by atoms with E-state index >= 15 is 0 Å². The first-order valence-electron chi connectivity index (χ1n) is 8.19. The molecular formula is C19H19N3O3S. The standard InChI is InChI=1S/C19H19N3O3S/c1-12-13(9-20)4-3-5-16(12)17-6-7-18(26-17)19(24)22-10-14(21-25-2)8-15(22)11-23/h3-7,15,23H,8,10-11H2,1-2H3/b21-14+/t15-/m0/s1. The maximum atomic E-state index is 12.9. The number of hydrogen-bond acceptors (Lipinski definition) is 6. The van der Waals surface area contributed by atoms with Gasteiger partial charge in [-0.15, -0.1) is 11.3 Å². The van der Waals surface area contributed by atoms with Crippen LogP contribution in [-0.4, -0.2) is 47.9 Å². The van der Waals surface area contributed by atoms with Crippen LogP contribution in [0.5, 0.6) is 0 Å². The molecule has 1 saturated heterocycles. The van der Waals surface area contributed by atoms with Gasteiger partial charge in [0.2, 0.25) is 0 Å². The van der Waals surface area contributed by atoms with Gasteiger partial charge in [0.15, 0.2) is 0 Å². The van der Waals surface area contributed by atoms with Crippen LogP contribution in [0.2, 0.25) is 0 Å². The quantitative estimate of drug-likeness (QED) is 0.840. The zero-order valence-corrected chi connectivity index (χ0v) is 15.4. The third-order valence-corrected chi connectivity index (χ3v) is 5.60. The van der Waals surface area contributed by atoms with Crippen molar-refractivity contribution in [3.05, 3.63) is 46.3 Å². The highest BCUT2D eigenvalue weighted by Crippen LogP contribution is 2.33. The Balaban J connectivity index is 1.87. The Morgan fingerprint density at radius 2 is 2.27 bits per heavy atom. The van der Waals surface area contributed by atoms with Crippen molar-refractivity contribution in [2.24, 2.45) is 5.16 Å². The van der Waals surface area contributed by atoms with Crippen molar-refractivity contribution in [3.8, 4) is 16.5 Å². The van der Waals surface area contributed by atoms with Gasteiger partial charge in [-0.1, -0.05) is 17.3 Å². The van der Waals surface area contributed by atoms with Crippen molar-refractivity contribution in [1.29, 1.82) is 5.26 Å². The fourth-order valence-electron chi connectivity index (χ4n) is 3.13. The largest absolute Gasteiger partial charge is 0.399 e. The fraction of sp³-hybridized carbons (Fsp3) is 0.316. The Morgan fingerprint density at radius 1 is 1.46 bits per heavy atom. The van der Waals surface area contributed by atoms with Gasteiger partial charge in [-0.25, -0.2) is 0 Å². The molecule has 1 aromatic carbocycles. The summed E-state index contributed by atoms with van der Waals surface area (Å²) >= 11 is 1.39. The van der Waals surface area contributed by atoms with Gasteiger partial charge >= 0.3 is 0 Å². The van der Waals surface area contributed by atoms with Gasteiger partial charge in [-0.2, -0.15) is 5.26 Å². The lowest BCUT2D eigenvalue weighted by atomic mass is 10.0. The van der Waals surface area contributed by atoms with E-state index in [1.165, 1.54) is 18.4 Å². The van der Waals surface area contributed by atoms with E-state index in [1.807, 2.05) is 25.1 Å². The van der Waals surface area contributed by atoms with Crippen LogP contribution < -0.4 is 0 Å². The number of aliphatic hydroxyl groups is 1. The molecule has 1 fully saturated rings. The van der Waals surface area contributed by atoms with Crippen LogP contribution in [0.15, 0.2) is 35.5 Å². The first-order valence-corrected chi connectivity index (χ1v) is 9.01. The van der Waals surface area contributed by atoms with E-state index < -0.39 is 0 Å². The number of thiophene rings is 1. The number of carbonyl (C=O) groups excluding carboxylic acids is 1. The minimum atomic E-state index is -0.286. The average Bonchev–Trinajstić information content (AvgIpc) is 3.29. The summed E-state index contributed by atoms with van der Waals surface area (Å²) in [5, 5.41) is 22.7. The number of benzene rings is 1. The summed E-state index contributed by atoms with van der Waals surface area (Å²) in [7, 11) is 1.47. The van der Waals surface area contributed by atoms with E-state index in [4.69, 9.17) is 4.84 Å². The minimum absolute atomic E-state index is 0.115. The zero-order valence-electron chi connectivity index (χ0n) is 14.6. The molecule has 1 atom stereocenters. The van der Waals surface area contributed by atoms with E-state index in [9.17, 15) is 15.2 Å². The molecule has 2 heterocycles. The second-order valence-corrected chi connectivity index (χ2v) is 7.15. The van der Waals surface area contributed by atoms with E-state index in [-0.39, 0.29) is 18.6 Å². The van der Waals surface area contributed by atoms with Crippen LogP contribution in [0.1, 0.15) is 27.2 Å². The molecule has 0 radical (unpaired) electrons. The summed E-state index contributed by atoms with van der Waals surface area (Å²) in [6, 6.07) is 11.2. The normalized spacial score (nSPS) is 18.2. The number of likely N-dealkylation sites (tertiary alicyclic amines) is 1. The van der Waals surface area contributed by atoms with Gasteiger partial charge in [0, 0.05) is 11.3 Å². The Hall–Kier alpha value is -2.69. The molecule has 1 N–H and O–H groups in total. The van der Waals surface area contributed by atoms with Crippen LogP contribution >= 0.6 is 11.3 Å². The Labute approximate surface area is 155 Å². The second kappa shape index (κ2) is 7.68. The number of nitriles is 1. The fourth-order valence-corrected chi connectivity index (χ4v) is 4.18. The van der Waals surface area contributed by atoms with E-state index in [1.54, 1.807) is 17.0 Å². The van der Waals surface area contributed by atoms with E-state index in [2.05, 4.69) is 11.2 Å². The van der Waals surface area contributed by atoms with Crippen LogP contribution in [0.3, 0.4) is 0 Å². The molecular weight excluding hydrogens is 350 g/mol. The van der Waals surface area contributed by atoms with Crippen LogP contribution in [0.4, 0.5) is 0 Å². The Kier molecular flexibility index (Phi) is 5.35. The minimum Gasteiger partial charge on any atom is -0.399 e. The number of oxime groups is 1. The molecule has 6 nitrogen and oxygen atoms in total. The van der Waals surface area contributed by atoms with Gasteiger partial charge < -0.3 is 14.8 Å². The number of carbonyl (C=O) groups is 1. The Bertz CT molecular complexity index is 898. The third kappa shape index (κ3) is 3.34. The third-order valence-electron chi connectivity index (χ3n) is 4.49. The summed E-state index contributed by atoms with van der Waals surface area (Å²) < 4.78 is 0. The van der Waals surface area contributed by atoms with Gasteiger partial charge in [0.25, 0.3) is 5.91 Å². The number of aliphatic hydroxyl groups excluding tert-OH is 1. The van der Waals surface area contributed by atoms with Crippen molar-refractivity contribution < 1.29 is 14.7 Å². The van der Waals surface area contributed by atoms with Crippen molar-refractivity contribution >= 4 is 23.0 Å². The summed E-state index contributed by atoms with van der Waals surface area (Å²) in [4.78, 5) is 20.9. The van der Waals surface area contributed by atoms with Crippen molar-refractivity contribution in [2.75, 3.05) is 20.3 Å². The van der Waals surface area contributed by atoms with E-state index in [0.29, 0.717) is 23.4 Å². The lowest BCUT2D eigenvalue weighted by molar-refractivity contribution is 0.0685. The highest BCUT2D eigenvalue weighted by molar-refractivity contribution is 7.17. The summed E-state index contributed by atoms with van der Waals surface area (Å²) in [5.41, 5.74) is 3.23. The molecule has 3 rings (SSSR count). The van der Waals surface area contributed by atoms with Gasteiger partial charge in [0.05, 0.1) is 41.4 Å². The molecule has 7 heteroatoms. The summed E-state index contributed by atoms with van der Waals surface area (Å²) in [6.07, 6.45) is 0.512. The summed E-state index contributed by atoms with van der Waals surface area (Å²) in [6.45, 7) is 2.15. The van der Waals surface area contributed by atoms with Crippen molar-refractivity contribution in [1.82, 2.24) is 4.90 Å². The molecule has 1 amide bonds. The first-order chi connectivity index (χ1) is 12.6. The van der Waals surface area contributed by atoms with Crippen molar-refractivity contribution in [2.45, 2.75) is 19.4 Å². The van der Waals surface area contributed by atoms with Gasteiger partial charge in [0.1, 0.15) is 7.11 Å². The maximum Gasteiger partial charge on any atom is 0.264 e. The molecule has 1 aliphatic heterocycles. The number of hydrogen-bond donors (Lipinski definition) is 1. The molecule has 0 spiro atoms. The van der Waals surface area contributed by atoms with Crippen LogP contribution in [0.25, 0.3) is 10.4 Å².